The molecule has 9 heteroatoms. The van der Waals surface area contributed by atoms with E-state index in [1.54, 1.807) is 0 Å². The van der Waals surface area contributed by atoms with E-state index >= 15 is 0 Å². The minimum Gasteiger partial charge on any atom is -0.293 e. The number of hydrogen-bond acceptors (Lipinski definition) is 5. The molecule has 2 bridgehead atoms. The van der Waals surface area contributed by atoms with Crippen molar-refractivity contribution in [3.05, 3.63) is 121 Å². The van der Waals surface area contributed by atoms with Crippen LogP contribution < -0.4 is 5.32 Å². The molecule has 2 N–H and O–H groups in total. The number of anilines is 1. The highest BCUT2D eigenvalue weighted by Crippen LogP contribution is 2.63. The largest absolute Gasteiger partial charge is 0.293 e. The molecule has 3 aliphatic carbocycles. The molecule has 3 aliphatic rings. The van der Waals surface area contributed by atoms with Crippen LogP contribution in [0.15, 0.2) is 77.3 Å². The van der Waals surface area contributed by atoms with Crippen LogP contribution in [-0.4, -0.2) is 26.0 Å². The van der Waals surface area contributed by atoms with Crippen molar-refractivity contribution >= 4 is 27.8 Å². The van der Waals surface area contributed by atoms with E-state index in [1.807, 2.05) is 93.6 Å². The third-order valence-corrected chi connectivity index (χ3v) is 8.92. The van der Waals surface area contributed by atoms with Crippen LogP contribution in [0.4, 0.5) is 5.95 Å². The summed E-state index contributed by atoms with van der Waals surface area (Å²) in [4.78, 5) is 31.2. The van der Waals surface area contributed by atoms with Gasteiger partial charge in [-0.2, -0.15) is 4.98 Å². The first-order valence-corrected chi connectivity index (χ1v) is 13.2. The molecule has 3 aromatic carbocycles. The lowest BCUT2D eigenvalue weighted by molar-refractivity contribution is -0.573. The second kappa shape index (κ2) is 8.33. The first-order valence-electron chi connectivity index (χ1n) is 12.4. The Bertz CT molecular complexity index is 1550. The van der Waals surface area contributed by atoms with Gasteiger partial charge in [0.05, 0.1) is 5.41 Å². The van der Waals surface area contributed by atoms with E-state index in [-0.39, 0.29) is 29.1 Å². The lowest BCUT2D eigenvalue weighted by Crippen LogP contribution is -2.57. The monoisotopic (exact) mass is 571 g/mol. The Balaban J connectivity index is 1.38. The molecule has 1 amide bonds. The van der Waals surface area contributed by atoms with Crippen molar-refractivity contribution in [1.29, 1.82) is 0 Å². The lowest BCUT2D eigenvalue weighted by Gasteiger charge is -2.52. The molecule has 0 radical (unpaired) electrons. The van der Waals surface area contributed by atoms with Crippen LogP contribution in [0, 0.1) is 15.5 Å². The van der Waals surface area contributed by atoms with E-state index < -0.39 is 16.4 Å². The average Bonchev–Trinajstić information content (AvgIpc) is 3.38. The van der Waals surface area contributed by atoms with Crippen molar-refractivity contribution in [2.45, 2.75) is 44.1 Å². The maximum Gasteiger partial charge on any atom is 0.273 e. The van der Waals surface area contributed by atoms with Crippen LogP contribution in [0.25, 0.3) is 0 Å². The molecule has 0 saturated heterocycles. The first-order chi connectivity index (χ1) is 18.1. The number of fused-ring (bicyclic) bond motifs is 1. The second-order valence-corrected chi connectivity index (χ2v) is 11.8. The van der Waals surface area contributed by atoms with Gasteiger partial charge in [-0.15, -0.1) is 5.10 Å². The number of aromatic nitrogens is 3. The molecule has 0 spiro atoms. The maximum absolute atomic E-state index is 14.0. The molecule has 1 unspecified atom stereocenters. The van der Waals surface area contributed by atoms with E-state index in [0.717, 1.165) is 21.2 Å². The number of nitrogens with one attached hydrogen (secondary N) is 2. The highest BCUT2D eigenvalue weighted by molar-refractivity contribution is 9.10. The molecule has 0 fully saturated rings. The Morgan fingerprint density at radius 3 is 2.21 bits per heavy atom. The van der Waals surface area contributed by atoms with Crippen LogP contribution in [0.3, 0.4) is 0 Å². The fourth-order valence-corrected chi connectivity index (χ4v) is 6.66. The van der Waals surface area contributed by atoms with Crippen molar-refractivity contribution in [3.8, 4) is 0 Å². The number of nitrogens with zero attached hydrogens (tertiary/aromatic N) is 3. The highest BCUT2D eigenvalue weighted by Gasteiger charge is 2.67. The molecule has 1 atom stereocenters. The van der Waals surface area contributed by atoms with E-state index in [0.29, 0.717) is 17.0 Å². The summed E-state index contributed by atoms with van der Waals surface area (Å²) in [6.07, 6.45) is 0.0409. The van der Waals surface area contributed by atoms with Gasteiger partial charge in [0.2, 0.25) is 11.9 Å². The van der Waals surface area contributed by atoms with Gasteiger partial charge in [0, 0.05) is 38.3 Å². The predicted molar refractivity (Wildman–Crippen MR) is 147 cm³/mol. The van der Waals surface area contributed by atoms with Gasteiger partial charge in [0.25, 0.3) is 5.54 Å². The van der Waals surface area contributed by atoms with Gasteiger partial charge < -0.3 is 0 Å². The zero-order chi connectivity index (χ0) is 26.9. The van der Waals surface area contributed by atoms with Gasteiger partial charge in [-0.25, -0.2) is 0 Å². The molecule has 1 heterocycles. The number of aromatic amines is 1. The van der Waals surface area contributed by atoms with Crippen LogP contribution >= 0.6 is 15.9 Å². The molecule has 7 rings (SSSR count). The van der Waals surface area contributed by atoms with E-state index in [9.17, 15) is 14.9 Å². The fraction of sp³-hybridized carbons (Fsp3) is 0.276. The summed E-state index contributed by atoms with van der Waals surface area (Å²) in [5.41, 5.74) is 0.897. The number of amides is 1. The molecule has 38 heavy (non-hydrogen) atoms. The van der Waals surface area contributed by atoms with Crippen LogP contribution in [0.5, 0.6) is 0 Å². The third-order valence-electron chi connectivity index (χ3n) is 8.39. The summed E-state index contributed by atoms with van der Waals surface area (Å²) in [7, 11) is 0. The molecule has 1 aromatic heterocycles. The van der Waals surface area contributed by atoms with Gasteiger partial charge >= 0.3 is 0 Å². The quantitative estimate of drug-likeness (QED) is 0.228. The van der Waals surface area contributed by atoms with Crippen molar-refractivity contribution in [3.63, 3.8) is 0 Å². The van der Waals surface area contributed by atoms with Crippen molar-refractivity contribution in [2.75, 3.05) is 5.32 Å². The van der Waals surface area contributed by atoms with Gasteiger partial charge in [-0.1, -0.05) is 76.6 Å². The first kappa shape index (κ1) is 24.5. The van der Waals surface area contributed by atoms with E-state index in [4.69, 9.17) is 0 Å². The van der Waals surface area contributed by atoms with Crippen molar-refractivity contribution < 1.29 is 9.72 Å². The minimum absolute atomic E-state index is 0.0409. The zero-order valence-corrected chi connectivity index (χ0v) is 22.7. The van der Waals surface area contributed by atoms with E-state index in [2.05, 4.69) is 36.4 Å². The molecular weight excluding hydrogens is 546 g/mol. The summed E-state index contributed by atoms with van der Waals surface area (Å²) >= 11 is 3.46. The molecular formula is C29H26BrN5O3. The molecule has 8 nitrogen and oxygen atoms in total. The fourth-order valence-electron chi connectivity index (χ4n) is 6.39. The standard InChI is InChI=1S/C29H26BrN5O3/c1-27(2,17-12-14-18(30)15-13-17)24-31-26(34-33-24)32-25(36)28(3)16-29(35(37)38)21-10-6-4-8-19(21)23(28)20-9-5-7-11-22(20)29/h4-15,23H,16H2,1-3H3,(H2,31,32,33,34,36). The smallest absolute Gasteiger partial charge is 0.273 e. The topological polar surface area (TPSA) is 114 Å². The normalized spacial score (nSPS) is 23.4. The number of carbonyl (C=O) groups is 1. The number of carbonyl (C=O) groups excluding carboxylic acids is 1. The Hall–Kier alpha value is -3.85. The van der Waals surface area contributed by atoms with Crippen LogP contribution in [0.1, 0.15) is 66.8 Å². The number of hydrogen-bond donors (Lipinski definition) is 2. The van der Waals surface area contributed by atoms with Gasteiger partial charge in [0.1, 0.15) is 5.82 Å². The van der Waals surface area contributed by atoms with Crippen LogP contribution in [0.2, 0.25) is 0 Å². The van der Waals surface area contributed by atoms with Gasteiger partial charge in [-0.3, -0.25) is 25.3 Å². The molecule has 4 aromatic rings. The van der Waals surface area contributed by atoms with Crippen molar-refractivity contribution in [1.82, 2.24) is 15.2 Å². The SMILES string of the molecule is CC(C)(c1ccc(Br)cc1)c1nc(NC(=O)C2(C)CC3([N+](=O)[O-])c4ccccc4C2c2ccccc23)n[nH]1. The number of nitro groups is 1. The lowest BCUT2D eigenvalue weighted by atomic mass is 9.49. The number of rotatable bonds is 5. The number of H-pyrrole nitrogens is 1. The van der Waals surface area contributed by atoms with E-state index in [1.165, 1.54) is 0 Å². The molecule has 0 aliphatic heterocycles. The molecule has 192 valence electrons. The number of benzene rings is 3. The number of halogens is 1. The summed E-state index contributed by atoms with van der Waals surface area (Å²) < 4.78 is 0.980. The van der Waals surface area contributed by atoms with Crippen molar-refractivity contribution in [2.24, 2.45) is 5.41 Å². The average molecular weight is 572 g/mol. The minimum atomic E-state index is -1.51. The Labute approximate surface area is 228 Å². The highest BCUT2D eigenvalue weighted by atomic mass is 79.9. The summed E-state index contributed by atoms with van der Waals surface area (Å²) in [6.45, 7) is 5.87. The van der Waals surface area contributed by atoms with Crippen LogP contribution in [-0.2, 0) is 15.7 Å². The Morgan fingerprint density at radius 2 is 1.63 bits per heavy atom. The summed E-state index contributed by atoms with van der Waals surface area (Å²) in [6, 6.07) is 22.8. The van der Waals surface area contributed by atoms with Gasteiger partial charge in [0.15, 0.2) is 0 Å². The van der Waals surface area contributed by atoms with Gasteiger partial charge in [-0.05, 0) is 49.6 Å². The zero-order valence-electron chi connectivity index (χ0n) is 21.2. The second-order valence-electron chi connectivity index (χ2n) is 10.9. The maximum atomic E-state index is 14.0. The predicted octanol–water partition coefficient (Wildman–Crippen LogP) is 5.91. The Kier molecular flexibility index (Phi) is 5.36. The summed E-state index contributed by atoms with van der Waals surface area (Å²) in [5, 5.41) is 23.0. The molecule has 0 saturated carbocycles. The third kappa shape index (κ3) is 3.31. The Morgan fingerprint density at radius 1 is 1.05 bits per heavy atom. The summed E-state index contributed by atoms with van der Waals surface area (Å²) in [5.74, 6) is 0.0662.